The molecule has 1 atom stereocenters. The van der Waals surface area contributed by atoms with Crippen molar-refractivity contribution >= 4 is 5.97 Å². The molecule has 0 aliphatic carbocycles. The number of alkyl halides is 2. The summed E-state index contributed by atoms with van der Waals surface area (Å²) in [5.41, 5.74) is 4.53. The molecule has 0 aliphatic heterocycles. The molecule has 0 saturated heterocycles. The summed E-state index contributed by atoms with van der Waals surface area (Å²) in [6.07, 6.45) is 0. The molecule has 21 heavy (non-hydrogen) atoms. The van der Waals surface area contributed by atoms with Crippen molar-refractivity contribution in [2.45, 2.75) is 18.9 Å². The van der Waals surface area contributed by atoms with Crippen LogP contribution in [-0.4, -0.2) is 30.7 Å². The standard InChI is InChI=1S/C13H14F2N2O4/c1-3-21-12(19)13(14,15)11(17)9-7(6-16)4-5-8(20-2)10(9)18/h4-5,11,18H,3,17H2,1-2H3/t11-/m1/s1. The molecule has 3 N–H and O–H groups in total. The van der Waals surface area contributed by atoms with Gasteiger partial charge in [-0.15, -0.1) is 0 Å². The fourth-order valence-electron chi connectivity index (χ4n) is 1.70. The number of hydrogen-bond donors (Lipinski definition) is 2. The number of rotatable bonds is 5. The molecule has 8 heteroatoms. The Morgan fingerprint density at radius 1 is 1.57 bits per heavy atom. The van der Waals surface area contributed by atoms with Crippen LogP contribution in [0.15, 0.2) is 12.1 Å². The highest BCUT2D eigenvalue weighted by molar-refractivity contribution is 5.79. The van der Waals surface area contributed by atoms with E-state index in [1.807, 2.05) is 0 Å². The zero-order valence-corrected chi connectivity index (χ0v) is 11.4. The van der Waals surface area contributed by atoms with Crippen molar-refractivity contribution < 1.29 is 28.2 Å². The second-order valence-electron chi connectivity index (χ2n) is 4.01. The first-order chi connectivity index (χ1) is 9.81. The first-order valence-corrected chi connectivity index (χ1v) is 5.91. The fraction of sp³-hybridized carbons (Fsp3) is 0.385. The minimum absolute atomic E-state index is 0.140. The molecule has 0 spiro atoms. The molecule has 0 radical (unpaired) electrons. The van der Waals surface area contributed by atoms with Gasteiger partial charge >= 0.3 is 11.9 Å². The molecule has 0 aromatic heterocycles. The smallest absolute Gasteiger partial charge is 0.379 e. The maximum atomic E-state index is 14.0. The average molecular weight is 300 g/mol. The van der Waals surface area contributed by atoms with Crippen LogP contribution in [-0.2, 0) is 9.53 Å². The lowest BCUT2D eigenvalue weighted by Gasteiger charge is -2.23. The average Bonchev–Trinajstić information content (AvgIpc) is 2.46. The van der Waals surface area contributed by atoms with Gasteiger partial charge in [-0.1, -0.05) is 0 Å². The Balaban J connectivity index is 3.38. The first-order valence-electron chi connectivity index (χ1n) is 5.91. The van der Waals surface area contributed by atoms with Crippen molar-refractivity contribution in [3.05, 3.63) is 23.3 Å². The fourth-order valence-corrected chi connectivity index (χ4v) is 1.70. The van der Waals surface area contributed by atoms with Crippen LogP contribution in [0.4, 0.5) is 8.78 Å². The van der Waals surface area contributed by atoms with Gasteiger partial charge in [0.2, 0.25) is 0 Å². The maximum absolute atomic E-state index is 14.0. The number of nitriles is 1. The van der Waals surface area contributed by atoms with Gasteiger partial charge in [0.25, 0.3) is 0 Å². The molecule has 0 amide bonds. The number of methoxy groups -OCH3 is 1. The summed E-state index contributed by atoms with van der Waals surface area (Å²) in [6.45, 7) is 1.11. The number of halogens is 2. The molecule has 6 nitrogen and oxygen atoms in total. The number of carbonyl (C=O) groups is 1. The predicted molar refractivity (Wildman–Crippen MR) is 67.9 cm³/mol. The molecule has 0 fully saturated rings. The number of phenolic OH excluding ortho intramolecular Hbond substituents is 1. The lowest BCUT2D eigenvalue weighted by atomic mass is 9.95. The van der Waals surface area contributed by atoms with Crippen LogP contribution in [0.1, 0.15) is 24.1 Å². The van der Waals surface area contributed by atoms with E-state index in [0.717, 1.165) is 6.07 Å². The Bertz CT molecular complexity index is 584. The number of nitrogens with zero attached hydrogens (tertiary/aromatic N) is 1. The summed E-state index contributed by atoms with van der Waals surface area (Å²) in [4.78, 5) is 11.3. The molecule has 1 aromatic rings. The summed E-state index contributed by atoms with van der Waals surface area (Å²) >= 11 is 0. The summed E-state index contributed by atoms with van der Waals surface area (Å²) in [6, 6.07) is 1.77. The molecular formula is C13H14F2N2O4. The van der Waals surface area contributed by atoms with Gasteiger partial charge < -0.3 is 20.3 Å². The number of nitrogens with two attached hydrogens (primary N) is 1. The van der Waals surface area contributed by atoms with Crippen LogP contribution in [0.5, 0.6) is 11.5 Å². The van der Waals surface area contributed by atoms with E-state index in [1.54, 1.807) is 6.07 Å². The van der Waals surface area contributed by atoms with Crippen LogP contribution in [0.25, 0.3) is 0 Å². The highest BCUT2D eigenvalue weighted by Crippen LogP contribution is 2.41. The Morgan fingerprint density at radius 3 is 2.67 bits per heavy atom. The Morgan fingerprint density at radius 2 is 2.19 bits per heavy atom. The summed E-state index contributed by atoms with van der Waals surface area (Å²) in [7, 11) is 1.21. The van der Waals surface area contributed by atoms with Gasteiger partial charge in [0.1, 0.15) is 6.04 Å². The Kier molecular flexibility index (Phi) is 5.05. The van der Waals surface area contributed by atoms with E-state index < -0.39 is 29.2 Å². The summed E-state index contributed by atoms with van der Waals surface area (Å²) < 4.78 is 36.9. The van der Waals surface area contributed by atoms with E-state index in [1.165, 1.54) is 20.1 Å². The first kappa shape index (κ1) is 16.7. The molecule has 0 saturated carbocycles. The highest BCUT2D eigenvalue weighted by Gasteiger charge is 2.49. The van der Waals surface area contributed by atoms with Crippen molar-refractivity contribution in [3.63, 3.8) is 0 Å². The lowest BCUT2D eigenvalue weighted by Crippen LogP contribution is -2.42. The maximum Gasteiger partial charge on any atom is 0.379 e. The molecule has 1 aromatic carbocycles. The van der Waals surface area contributed by atoms with Gasteiger partial charge in [0, 0.05) is 5.56 Å². The van der Waals surface area contributed by atoms with Crippen molar-refractivity contribution in [1.82, 2.24) is 0 Å². The van der Waals surface area contributed by atoms with Crippen LogP contribution in [0.3, 0.4) is 0 Å². The molecule has 0 heterocycles. The predicted octanol–water partition coefficient (Wildman–Crippen LogP) is 1.47. The van der Waals surface area contributed by atoms with Crippen molar-refractivity contribution in [3.8, 4) is 17.6 Å². The molecule has 0 aliphatic rings. The monoisotopic (exact) mass is 300 g/mol. The third kappa shape index (κ3) is 3.03. The van der Waals surface area contributed by atoms with Gasteiger partial charge in [-0.05, 0) is 19.1 Å². The van der Waals surface area contributed by atoms with Gasteiger partial charge in [-0.3, -0.25) is 0 Å². The SMILES string of the molecule is CCOC(=O)C(F)(F)[C@H](N)c1c(C#N)ccc(OC)c1O. The topological polar surface area (TPSA) is 106 Å². The normalized spacial score (nSPS) is 12.4. The van der Waals surface area contributed by atoms with Gasteiger partial charge in [0.15, 0.2) is 11.5 Å². The highest BCUT2D eigenvalue weighted by atomic mass is 19.3. The Labute approximate surface area is 119 Å². The van der Waals surface area contributed by atoms with E-state index in [9.17, 15) is 18.7 Å². The third-order valence-electron chi connectivity index (χ3n) is 2.77. The minimum atomic E-state index is -4.11. The van der Waals surface area contributed by atoms with Crippen LogP contribution in [0.2, 0.25) is 0 Å². The van der Waals surface area contributed by atoms with Gasteiger partial charge in [0.05, 0.1) is 25.3 Å². The quantitative estimate of drug-likeness (QED) is 0.798. The van der Waals surface area contributed by atoms with Crippen LogP contribution >= 0.6 is 0 Å². The van der Waals surface area contributed by atoms with Crippen LogP contribution < -0.4 is 10.5 Å². The van der Waals surface area contributed by atoms with E-state index >= 15 is 0 Å². The summed E-state index contributed by atoms with van der Waals surface area (Å²) in [5.74, 6) is -6.79. The van der Waals surface area contributed by atoms with E-state index in [-0.39, 0.29) is 17.9 Å². The number of aromatic hydroxyl groups is 1. The number of esters is 1. The number of phenols is 1. The van der Waals surface area contributed by atoms with E-state index in [0.29, 0.717) is 0 Å². The van der Waals surface area contributed by atoms with Gasteiger partial charge in [-0.2, -0.15) is 14.0 Å². The largest absolute Gasteiger partial charge is 0.504 e. The zero-order valence-electron chi connectivity index (χ0n) is 11.4. The van der Waals surface area contributed by atoms with Crippen LogP contribution in [0, 0.1) is 11.3 Å². The Hall–Kier alpha value is -2.40. The van der Waals surface area contributed by atoms with E-state index in [4.69, 9.17) is 15.7 Å². The molecule has 114 valence electrons. The number of carbonyl (C=O) groups excluding carboxylic acids is 1. The molecule has 1 rings (SSSR count). The minimum Gasteiger partial charge on any atom is -0.504 e. The van der Waals surface area contributed by atoms with E-state index in [2.05, 4.69) is 4.74 Å². The second kappa shape index (κ2) is 6.37. The zero-order chi connectivity index (χ0) is 16.2. The van der Waals surface area contributed by atoms with Crippen molar-refractivity contribution in [2.75, 3.05) is 13.7 Å². The summed E-state index contributed by atoms with van der Waals surface area (Å²) in [5, 5.41) is 18.8. The van der Waals surface area contributed by atoms with Crippen molar-refractivity contribution in [2.24, 2.45) is 5.73 Å². The number of ether oxygens (including phenoxy) is 2. The second-order valence-corrected chi connectivity index (χ2v) is 4.01. The third-order valence-corrected chi connectivity index (χ3v) is 2.77. The molecule has 0 bridgehead atoms. The molecular weight excluding hydrogens is 286 g/mol. The van der Waals surface area contributed by atoms with Crippen molar-refractivity contribution in [1.29, 1.82) is 5.26 Å². The molecule has 0 unspecified atom stereocenters. The number of hydrogen-bond acceptors (Lipinski definition) is 6. The lowest BCUT2D eigenvalue weighted by molar-refractivity contribution is -0.174. The van der Waals surface area contributed by atoms with Gasteiger partial charge in [-0.25, -0.2) is 4.79 Å². The number of benzene rings is 1.